The van der Waals surface area contributed by atoms with E-state index in [0.29, 0.717) is 11.9 Å². The fourth-order valence-corrected chi connectivity index (χ4v) is 2.89. The van der Waals surface area contributed by atoms with Crippen LogP contribution in [0.4, 0.5) is 0 Å². The highest BCUT2D eigenvalue weighted by atomic mass is 16.2. The molecule has 0 N–H and O–H groups in total. The summed E-state index contributed by atoms with van der Waals surface area (Å²) in [6.45, 7) is 0.937. The van der Waals surface area contributed by atoms with Crippen LogP contribution >= 0.6 is 0 Å². The van der Waals surface area contributed by atoms with Crippen molar-refractivity contribution in [3.63, 3.8) is 0 Å². The van der Waals surface area contributed by atoms with E-state index in [2.05, 4.69) is 17.0 Å². The van der Waals surface area contributed by atoms with Gasteiger partial charge in [-0.25, -0.2) is 0 Å². The van der Waals surface area contributed by atoms with Gasteiger partial charge in [0.05, 0.1) is 0 Å². The molecule has 1 saturated heterocycles. The molecule has 2 nitrogen and oxygen atoms in total. The number of nitrogens with zero attached hydrogens (tertiary/aromatic N) is 1. The van der Waals surface area contributed by atoms with Crippen LogP contribution in [0.1, 0.15) is 24.0 Å². The first-order chi connectivity index (χ1) is 7.74. The maximum absolute atomic E-state index is 11.7. The molecule has 1 aromatic carbocycles. The largest absolute Gasteiger partial charge is 0.339 e. The third-order valence-corrected chi connectivity index (χ3v) is 3.69. The van der Waals surface area contributed by atoms with E-state index in [4.69, 9.17) is 7.85 Å². The van der Waals surface area contributed by atoms with Gasteiger partial charge in [0.25, 0.3) is 0 Å². The van der Waals surface area contributed by atoms with Crippen LogP contribution in [0.5, 0.6) is 0 Å². The molecule has 1 aliphatic heterocycles. The van der Waals surface area contributed by atoms with Crippen molar-refractivity contribution in [2.75, 3.05) is 6.54 Å². The summed E-state index contributed by atoms with van der Waals surface area (Å²) in [5, 5.41) is 0. The molecule has 1 aliphatic carbocycles. The average Bonchev–Trinajstić information content (AvgIpc) is 2.82. The lowest BCUT2D eigenvalue weighted by molar-refractivity contribution is -0.129. The first-order valence-corrected chi connectivity index (χ1v) is 5.91. The van der Waals surface area contributed by atoms with Gasteiger partial charge in [0.2, 0.25) is 5.91 Å². The van der Waals surface area contributed by atoms with Crippen molar-refractivity contribution in [1.82, 2.24) is 4.90 Å². The Morgan fingerprint density at radius 1 is 1.25 bits per heavy atom. The van der Waals surface area contributed by atoms with Crippen molar-refractivity contribution >= 4 is 19.2 Å². The maximum Gasteiger partial charge on any atom is 0.222 e. The van der Waals surface area contributed by atoms with E-state index in [1.54, 1.807) is 0 Å². The Labute approximate surface area is 97.0 Å². The average molecular weight is 211 g/mol. The van der Waals surface area contributed by atoms with Gasteiger partial charge < -0.3 is 4.90 Å². The quantitative estimate of drug-likeness (QED) is 0.622. The second-order valence-corrected chi connectivity index (χ2v) is 4.78. The number of carbonyl (C=O) groups is 1. The van der Waals surface area contributed by atoms with Crippen molar-refractivity contribution in [1.29, 1.82) is 0 Å². The van der Waals surface area contributed by atoms with Gasteiger partial charge in [-0.3, -0.25) is 4.79 Å². The minimum atomic E-state index is 0.325. The lowest BCUT2D eigenvalue weighted by Gasteiger charge is -2.23. The molecular formula is C13H14BNO. The lowest BCUT2D eigenvalue weighted by atomic mass is 9.93. The number of hydrogen-bond acceptors (Lipinski definition) is 1. The Hall–Kier alpha value is -1.25. The summed E-state index contributed by atoms with van der Waals surface area (Å²) >= 11 is 0. The van der Waals surface area contributed by atoms with Crippen LogP contribution in [-0.4, -0.2) is 31.2 Å². The van der Waals surface area contributed by atoms with Crippen LogP contribution in [0.15, 0.2) is 18.2 Å². The fourth-order valence-electron chi connectivity index (χ4n) is 2.89. The van der Waals surface area contributed by atoms with Gasteiger partial charge in [0.15, 0.2) is 0 Å². The van der Waals surface area contributed by atoms with E-state index >= 15 is 0 Å². The Kier molecular flexibility index (Phi) is 2.27. The third-order valence-electron chi connectivity index (χ3n) is 3.69. The van der Waals surface area contributed by atoms with E-state index in [-0.39, 0.29) is 0 Å². The SMILES string of the molecule is [B]c1ccc2c(c1)CC(N1CCCC1=O)C2. The van der Waals surface area contributed by atoms with Gasteiger partial charge in [-0.2, -0.15) is 0 Å². The van der Waals surface area contributed by atoms with E-state index in [9.17, 15) is 4.79 Å². The molecule has 1 unspecified atom stereocenters. The zero-order valence-corrected chi connectivity index (χ0v) is 9.28. The zero-order valence-electron chi connectivity index (χ0n) is 9.28. The van der Waals surface area contributed by atoms with E-state index in [1.165, 1.54) is 11.1 Å². The molecule has 0 bridgehead atoms. The third kappa shape index (κ3) is 1.55. The van der Waals surface area contributed by atoms with Gasteiger partial charge in [-0.05, 0) is 30.4 Å². The van der Waals surface area contributed by atoms with E-state index < -0.39 is 0 Å². The van der Waals surface area contributed by atoms with Gasteiger partial charge in [-0.15, -0.1) is 0 Å². The second kappa shape index (κ2) is 3.65. The number of amides is 1. The summed E-state index contributed by atoms with van der Waals surface area (Å²) in [7, 11) is 5.78. The van der Waals surface area contributed by atoms with Crippen LogP contribution in [0.3, 0.4) is 0 Å². The van der Waals surface area contributed by atoms with Gasteiger partial charge in [0.1, 0.15) is 7.85 Å². The summed E-state index contributed by atoms with van der Waals surface area (Å²) in [6.07, 6.45) is 3.73. The molecule has 0 saturated carbocycles. The molecule has 80 valence electrons. The van der Waals surface area contributed by atoms with E-state index in [1.807, 2.05) is 6.07 Å². The molecule has 1 fully saturated rings. The van der Waals surface area contributed by atoms with Crippen LogP contribution in [-0.2, 0) is 17.6 Å². The van der Waals surface area contributed by atoms with Crippen LogP contribution in [0.2, 0.25) is 0 Å². The molecule has 2 radical (unpaired) electrons. The molecule has 3 rings (SSSR count). The summed E-state index contributed by atoms with van der Waals surface area (Å²) in [5.41, 5.74) is 3.51. The Morgan fingerprint density at radius 3 is 2.81 bits per heavy atom. The molecule has 2 aliphatic rings. The smallest absolute Gasteiger partial charge is 0.222 e. The van der Waals surface area contributed by atoms with Crippen molar-refractivity contribution in [3.05, 3.63) is 29.3 Å². The Bertz CT molecular complexity index is 444. The van der Waals surface area contributed by atoms with Crippen molar-refractivity contribution in [3.8, 4) is 0 Å². The predicted molar refractivity (Wildman–Crippen MR) is 64.0 cm³/mol. The Balaban J connectivity index is 1.82. The summed E-state index contributed by atoms with van der Waals surface area (Å²) in [4.78, 5) is 13.7. The second-order valence-electron chi connectivity index (χ2n) is 4.78. The number of fused-ring (bicyclic) bond motifs is 1. The molecule has 1 heterocycles. The molecule has 16 heavy (non-hydrogen) atoms. The van der Waals surface area contributed by atoms with Crippen molar-refractivity contribution < 1.29 is 4.79 Å². The highest BCUT2D eigenvalue weighted by Gasteiger charge is 2.32. The molecule has 0 spiro atoms. The monoisotopic (exact) mass is 211 g/mol. The zero-order chi connectivity index (χ0) is 11.1. The minimum absolute atomic E-state index is 0.325. The molecule has 1 aromatic rings. The number of rotatable bonds is 1. The van der Waals surface area contributed by atoms with Gasteiger partial charge >= 0.3 is 0 Å². The molecule has 0 aromatic heterocycles. The number of benzene rings is 1. The number of likely N-dealkylation sites (tertiary alicyclic amines) is 1. The normalized spacial score (nSPS) is 23.9. The van der Waals surface area contributed by atoms with Crippen molar-refractivity contribution in [2.24, 2.45) is 0 Å². The summed E-state index contributed by atoms with van der Waals surface area (Å²) in [5.74, 6) is 0.325. The number of hydrogen-bond donors (Lipinski definition) is 0. The number of carbonyl (C=O) groups excluding carboxylic acids is 1. The highest BCUT2D eigenvalue weighted by Crippen LogP contribution is 2.27. The first kappa shape index (κ1) is 9.94. The highest BCUT2D eigenvalue weighted by molar-refractivity contribution is 6.32. The summed E-state index contributed by atoms with van der Waals surface area (Å²) in [6, 6.07) is 6.49. The van der Waals surface area contributed by atoms with Crippen LogP contribution in [0.25, 0.3) is 0 Å². The minimum Gasteiger partial charge on any atom is -0.339 e. The van der Waals surface area contributed by atoms with Crippen molar-refractivity contribution in [2.45, 2.75) is 31.7 Å². The molecule has 3 heteroatoms. The first-order valence-electron chi connectivity index (χ1n) is 5.91. The fraction of sp³-hybridized carbons (Fsp3) is 0.462. The molecule has 1 amide bonds. The predicted octanol–water partition coefficient (Wildman–Crippen LogP) is 0.570. The molecular weight excluding hydrogens is 197 g/mol. The standard InChI is InChI=1S/C13H14BNO/c14-11-4-3-9-7-12(8-10(9)6-11)15-5-1-2-13(15)16/h3-4,6,12H,1-2,5,7-8H2. The maximum atomic E-state index is 11.7. The lowest BCUT2D eigenvalue weighted by Crippen LogP contribution is -2.36. The van der Waals surface area contributed by atoms with Gasteiger partial charge in [0, 0.05) is 19.0 Å². The Morgan fingerprint density at radius 2 is 2.06 bits per heavy atom. The molecule has 1 atom stereocenters. The topological polar surface area (TPSA) is 20.3 Å². The van der Waals surface area contributed by atoms with Crippen LogP contribution in [0, 0.1) is 0 Å². The van der Waals surface area contributed by atoms with E-state index in [0.717, 1.165) is 37.7 Å². The summed E-state index contributed by atoms with van der Waals surface area (Å²) < 4.78 is 0. The van der Waals surface area contributed by atoms with Gasteiger partial charge in [-0.1, -0.05) is 23.7 Å². The van der Waals surface area contributed by atoms with Crippen LogP contribution < -0.4 is 5.46 Å².